The van der Waals surface area contributed by atoms with Crippen LogP contribution in [0.15, 0.2) is 53.8 Å². The van der Waals surface area contributed by atoms with Crippen LogP contribution in [0.2, 0.25) is 0 Å². The zero-order valence-corrected chi connectivity index (χ0v) is 13.2. The zero-order chi connectivity index (χ0) is 17.5. The quantitative estimate of drug-likeness (QED) is 0.497. The number of carbonyl (C=O) groups is 1. The van der Waals surface area contributed by atoms with E-state index in [0.717, 1.165) is 0 Å². The molecule has 124 valence electrons. The molecule has 0 radical (unpaired) electrons. The van der Waals surface area contributed by atoms with Gasteiger partial charge in [-0.1, -0.05) is 6.07 Å². The second-order valence-corrected chi connectivity index (χ2v) is 4.90. The predicted molar refractivity (Wildman–Crippen MR) is 87.8 cm³/mol. The van der Waals surface area contributed by atoms with Crippen LogP contribution in [0.1, 0.15) is 19.5 Å². The largest absolute Gasteiger partial charge is 0.481 e. The van der Waals surface area contributed by atoms with Gasteiger partial charge in [0.15, 0.2) is 6.10 Å². The first-order chi connectivity index (χ1) is 11.5. The third-order valence-electron chi connectivity index (χ3n) is 3.10. The van der Waals surface area contributed by atoms with Gasteiger partial charge in [0.25, 0.3) is 11.6 Å². The average Bonchev–Trinajstić information content (AvgIpc) is 2.60. The van der Waals surface area contributed by atoms with Gasteiger partial charge in [-0.2, -0.15) is 5.10 Å². The minimum absolute atomic E-state index is 0.0463. The first-order valence-corrected chi connectivity index (χ1v) is 7.14. The fourth-order valence-electron chi connectivity index (χ4n) is 1.77. The van der Waals surface area contributed by atoms with E-state index in [1.54, 1.807) is 32.2 Å². The number of non-ortho nitro benzene ring substituents is 1. The standard InChI is InChI=1S/C16H16N4O4/c1-11(15-5-3-4-10-17-15)18-19-16(21)12(2)24-14-8-6-13(7-9-14)20(22)23/h3-10,12H,1-2H3,(H,19,21)/t12-/m1/s1. The number of nitro benzene ring substituents is 1. The molecule has 1 heterocycles. The smallest absolute Gasteiger partial charge is 0.280 e. The SMILES string of the molecule is CC(=NNC(=O)[C@@H](C)Oc1ccc([N+](=O)[O-])cc1)c1ccccn1. The number of pyridine rings is 1. The molecule has 0 aliphatic rings. The van der Waals surface area contributed by atoms with E-state index in [1.165, 1.54) is 24.3 Å². The highest BCUT2D eigenvalue weighted by molar-refractivity contribution is 5.97. The van der Waals surface area contributed by atoms with Crippen molar-refractivity contribution < 1.29 is 14.5 Å². The number of aromatic nitrogens is 1. The van der Waals surface area contributed by atoms with Crippen LogP contribution in [-0.4, -0.2) is 27.6 Å². The summed E-state index contributed by atoms with van der Waals surface area (Å²) in [6.45, 7) is 3.28. The molecule has 0 aliphatic heterocycles. The Hall–Kier alpha value is -3.29. The van der Waals surface area contributed by atoms with Gasteiger partial charge in [0.1, 0.15) is 5.75 Å². The lowest BCUT2D eigenvalue weighted by molar-refractivity contribution is -0.384. The van der Waals surface area contributed by atoms with Gasteiger partial charge in [0, 0.05) is 18.3 Å². The Labute approximate surface area is 138 Å². The number of nitrogens with one attached hydrogen (secondary N) is 1. The van der Waals surface area contributed by atoms with Gasteiger partial charge in [0.2, 0.25) is 0 Å². The van der Waals surface area contributed by atoms with Crippen molar-refractivity contribution in [1.82, 2.24) is 10.4 Å². The molecule has 0 bridgehead atoms. The van der Waals surface area contributed by atoms with Crippen molar-refractivity contribution in [3.63, 3.8) is 0 Å². The second-order valence-electron chi connectivity index (χ2n) is 4.90. The molecule has 24 heavy (non-hydrogen) atoms. The lowest BCUT2D eigenvalue weighted by Crippen LogP contribution is -2.34. The molecule has 0 saturated carbocycles. The van der Waals surface area contributed by atoms with E-state index in [0.29, 0.717) is 17.2 Å². The number of hydrogen-bond acceptors (Lipinski definition) is 6. The number of amides is 1. The maximum absolute atomic E-state index is 12.0. The Bertz CT molecular complexity index is 744. The zero-order valence-electron chi connectivity index (χ0n) is 13.2. The summed E-state index contributed by atoms with van der Waals surface area (Å²) in [5.41, 5.74) is 3.58. The van der Waals surface area contributed by atoms with Gasteiger partial charge in [-0.05, 0) is 38.1 Å². The van der Waals surface area contributed by atoms with Crippen molar-refractivity contribution >= 4 is 17.3 Å². The van der Waals surface area contributed by atoms with Crippen LogP contribution in [0.5, 0.6) is 5.75 Å². The van der Waals surface area contributed by atoms with Crippen LogP contribution in [0.25, 0.3) is 0 Å². The lowest BCUT2D eigenvalue weighted by Gasteiger charge is -2.13. The Morgan fingerprint density at radius 2 is 2.00 bits per heavy atom. The fourth-order valence-corrected chi connectivity index (χ4v) is 1.77. The molecule has 2 aromatic rings. The third-order valence-corrected chi connectivity index (χ3v) is 3.10. The second kappa shape index (κ2) is 7.82. The molecule has 1 amide bonds. The summed E-state index contributed by atoms with van der Waals surface area (Å²) in [5, 5.41) is 14.6. The van der Waals surface area contributed by atoms with Crippen molar-refractivity contribution in [3.8, 4) is 5.75 Å². The summed E-state index contributed by atoms with van der Waals surface area (Å²) >= 11 is 0. The molecule has 1 aromatic heterocycles. The van der Waals surface area contributed by atoms with E-state index >= 15 is 0 Å². The maximum atomic E-state index is 12.0. The van der Waals surface area contributed by atoms with E-state index < -0.39 is 16.9 Å². The number of hydrazone groups is 1. The van der Waals surface area contributed by atoms with E-state index in [2.05, 4.69) is 15.5 Å². The molecule has 0 spiro atoms. The van der Waals surface area contributed by atoms with Crippen molar-refractivity contribution in [2.75, 3.05) is 0 Å². The maximum Gasteiger partial charge on any atom is 0.280 e. The molecule has 8 nitrogen and oxygen atoms in total. The number of ether oxygens (including phenoxy) is 1. The first-order valence-electron chi connectivity index (χ1n) is 7.14. The van der Waals surface area contributed by atoms with Gasteiger partial charge < -0.3 is 4.74 Å². The molecule has 1 aromatic carbocycles. The minimum Gasteiger partial charge on any atom is -0.481 e. The van der Waals surface area contributed by atoms with Crippen molar-refractivity contribution in [3.05, 3.63) is 64.5 Å². The van der Waals surface area contributed by atoms with Gasteiger partial charge in [-0.25, -0.2) is 5.43 Å². The molecular weight excluding hydrogens is 312 g/mol. The summed E-state index contributed by atoms with van der Waals surface area (Å²) in [6.07, 6.45) is 0.822. The normalized spacial score (nSPS) is 12.3. The summed E-state index contributed by atoms with van der Waals surface area (Å²) in [5.74, 6) is -0.0858. The number of nitrogens with zero attached hydrogens (tertiary/aromatic N) is 3. The van der Waals surface area contributed by atoms with Gasteiger partial charge in [-0.3, -0.25) is 19.9 Å². The van der Waals surface area contributed by atoms with Crippen molar-refractivity contribution in [2.45, 2.75) is 20.0 Å². The topological polar surface area (TPSA) is 107 Å². The molecule has 8 heteroatoms. The Morgan fingerprint density at radius 3 is 2.58 bits per heavy atom. The molecule has 0 fully saturated rings. The summed E-state index contributed by atoms with van der Waals surface area (Å²) in [6, 6.07) is 10.9. The van der Waals surface area contributed by atoms with Gasteiger partial charge >= 0.3 is 0 Å². The van der Waals surface area contributed by atoms with Crippen LogP contribution in [0.4, 0.5) is 5.69 Å². The first kappa shape index (κ1) is 17.1. The minimum atomic E-state index is -0.813. The highest BCUT2D eigenvalue weighted by Crippen LogP contribution is 2.18. The van der Waals surface area contributed by atoms with E-state index in [4.69, 9.17) is 4.74 Å². The lowest BCUT2D eigenvalue weighted by atomic mass is 10.3. The predicted octanol–water partition coefficient (Wildman–Crippen LogP) is 2.30. The summed E-state index contributed by atoms with van der Waals surface area (Å²) < 4.78 is 5.43. The number of nitro groups is 1. The Kier molecular flexibility index (Phi) is 5.56. The molecular formula is C16H16N4O4. The van der Waals surface area contributed by atoms with Crippen molar-refractivity contribution in [2.24, 2.45) is 5.10 Å². The molecule has 0 unspecified atom stereocenters. The van der Waals surface area contributed by atoms with Gasteiger partial charge in [-0.15, -0.1) is 0 Å². The number of benzene rings is 1. The Balaban J connectivity index is 1.93. The van der Waals surface area contributed by atoms with Crippen LogP contribution in [0.3, 0.4) is 0 Å². The summed E-state index contributed by atoms with van der Waals surface area (Å²) in [7, 11) is 0. The molecule has 0 aliphatic carbocycles. The Morgan fingerprint density at radius 1 is 1.29 bits per heavy atom. The fraction of sp³-hybridized carbons (Fsp3) is 0.188. The van der Waals surface area contributed by atoms with E-state index in [1.807, 2.05) is 6.07 Å². The monoisotopic (exact) mass is 328 g/mol. The molecule has 1 atom stereocenters. The molecule has 2 rings (SSSR count). The van der Waals surface area contributed by atoms with Crippen molar-refractivity contribution in [1.29, 1.82) is 0 Å². The molecule has 1 N–H and O–H groups in total. The van der Waals surface area contributed by atoms with E-state index in [-0.39, 0.29) is 5.69 Å². The van der Waals surface area contributed by atoms with Crippen LogP contribution < -0.4 is 10.2 Å². The number of hydrogen-bond donors (Lipinski definition) is 1. The number of carbonyl (C=O) groups excluding carboxylic acids is 1. The molecule has 0 saturated heterocycles. The van der Waals surface area contributed by atoms with Crippen LogP contribution in [-0.2, 0) is 4.79 Å². The van der Waals surface area contributed by atoms with Crippen LogP contribution >= 0.6 is 0 Å². The number of rotatable bonds is 6. The highest BCUT2D eigenvalue weighted by Gasteiger charge is 2.15. The van der Waals surface area contributed by atoms with Crippen LogP contribution in [0, 0.1) is 10.1 Å². The average molecular weight is 328 g/mol. The third kappa shape index (κ3) is 4.60. The highest BCUT2D eigenvalue weighted by atomic mass is 16.6. The summed E-state index contributed by atoms with van der Waals surface area (Å²) in [4.78, 5) is 26.2. The van der Waals surface area contributed by atoms with E-state index in [9.17, 15) is 14.9 Å². The van der Waals surface area contributed by atoms with Gasteiger partial charge in [0.05, 0.1) is 16.3 Å².